The van der Waals surface area contributed by atoms with Crippen LogP contribution >= 0.6 is 11.6 Å². The first-order valence-corrected chi connectivity index (χ1v) is 5.90. The molecule has 0 amide bonds. The molecule has 2 heteroatoms. The Morgan fingerprint density at radius 1 is 1.00 bits per heavy atom. The molecule has 0 spiro atoms. The predicted octanol–water partition coefficient (Wildman–Crippen LogP) is 4.71. The van der Waals surface area contributed by atoms with Gasteiger partial charge in [-0.2, -0.15) is 0 Å². The Labute approximate surface area is 107 Å². The van der Waals surface area contributed by atoms with Crippen molar-refractivity contribution in [1.82, 2.24) is 0 Å². The molecule has 0 aliphatic carbocycles. The second-order valence-corrected chi connectivity index (χ2v) is 4.53. The molecule has 0 aliphatic rings. The number of hydrogen-bond donors (Lipinski definition) is 0. The first kappa shape index (κ1) is 11.9. The van der Waals surface area contributed by atoms with Gasteiger partial charge < -0.3 is 0 Å². The Kier molecular flexibility index (Phi) is 3.60. The van der Waals surface area contributed by atoms with Crippen molar-refractivity contribution in [3.05, 3.63) is 64.2 Å². The fourth-order valence-electron chi connectivity index (χ4n) is 1.75. The third kappa shape index (κ3) is 3.18. The first-order chi connectivity index (χ1) is 8.15. The van der Waals surface area contributed by atoms with E-state index in [1.54, 1.807) is 6.21 Å². The van der Waals surface area contributed by atoms with Crippen LogP contribution in [0.1, 0.15) is 16.7 Å². The normalized spacial score (nSPS) is 11.0. The zero-order valence-corrected chi connectivity index (χ0v) is 10.7. The second kappa shape index (κ2) is 5.15. The van der Waals surface area contributed by atoms with E-state index < -0.39 is 0 Å². The van der Waals surface area contributed by atoms with Crippen molar-refractivity contribution in [3.8, 4) is 0 Å². The fraction of sp³-hybridized carbons (Fsp3) is 0.133. The molecule has 0 fully saturated rings. The van der Waals surface area contributed by atoms with Crippen LogP contribution in [-0.4, -0.2) is 6.21 Å². The minimum atomic E-state index is 0.723. The standard InChI is InChI=1S/C15H14ClN/c1-11-7-12(2)9-14(8-11)17-10-13-5-3-4-6-15(13)16/h3-10H,1-2H3. The summed E-state index contributed by atoms with van der Waals surface area (Å²) in [7, 11) is 0. The van der Waals surface area contributed by atoms with Crippen LogP contribution in [0.25, 0.3) is 0 Å². The fourth-order valence-corrected chi connectivity index (χ4v) is 1.93. The molecule has 0 bridgehead atoms. The van der Waals surface area contributed by atoms with Gasteiger partial charge in [-0.05, 0) is 43.2 Å². The number of aryl methyl sites for hydroxylation is 2. The van der Waals surface area contributed by atoms with Crippen molar-refractivity contribution < 1.29 is 0 Å². The van der Waals surface area contributed by atoms with Crippen LogP contribution in [0, 0.1) is 13.8 Å². The highest BCUT2D eigenvalue weighted by Gasteiger charge is 1.96. The third-order valence-corrected chi connectivity index (χ3v) is 2.81. The van der Waals surface area contributed by atoms with Crippen LogP contribution in [0.4, 0.5) is 5.69 Å². The number of rotatable bonds is 2. The van der Waals surface area contributed by atoms with Gasteiger partial charge in [0.2, 0.25) is 0 Å². The first-order valence-electron chi connectivity index (χ1n) is 5.52. The average Bonchev–Trinajstić information content (AvgIpc) is 2.27. The molecule has 0 atom stereocenters. The Morgan fingerprint density at radius 3 is 2.29 bits per heavy atom. The summed E-state index contributed by atoms with van der Waals surface area (Å²) in [5.74, 6) is 0. The lowest BCUT2D eigenvalue weighted by molar-refractivity contribution is 1.36. The van der Waals surface area contributed by atoms with E-state index in [0.717, 1.165) is 16.3 Å². The number of hydrogen-bond acceptors (Lipinski definition) is 1. The summed E-state index contributed by atoms with van der Waals surface area (Å²) in [6, 6.07) is 13.9. The molecule has 0 N–H and O–H groups in total. The summed E-state index contributed by atoms with van der Waals surface area (Å²) in [6.07, 6.45) is 1.80. The summed E-state index contributed by atoms with van der Waals surface area (Å²) in [5.41, 5.74) is 4.34. The van der Waals surface area contributed by atoms with E-state index in [-0.39, 0.29) is 0 Å². The number of halogens is 1. The van der Waals surface area contributed by atoms with Gasteiger partial charge in [0.15, 0.2) is 0 Å². The minimum Gasteiger partial charge on any atom is -0.256 e. The van der Waals surface area contributed by atoms with Crippen LogP contribution in [0.5, 0.6) is 0 Å². The molecule has 0 radical (unpaired) electrons. The lowest BCUT2D eigenvalue weighted by atomic mass is 10.1. The summed E-state index contributed by atoms with van der Waals surface area (Å²) in [5, 5.41) is 0.723. The van der Waals surface area contributed by atoms with E-state index in [1.165, 1.54) is 11.1 Å². The molecule has 0 heterocycles. The Bertz CT molecular complexity index is 538. The molecule has 86 valence electrons. The highest BCUT2D eigenvalue weighted by molar-refractivity contribution is 6.33. The van der Waals surface area contributed by atoms with Gasteiger partial charge in [0.1, 0.15) is 0 Å². The van der Waals surface area contributed by atoms with Gasteiger partial charge >= 0.3 is 0 Å². The zero-order valence-electron chi connectivity index (χ0n) is 9.94. The summed E-state index contributed by atoms with van der Waals surface area (Å²) in [6.45, 7) is 4.14. The highest BCUT2D eigenvalue weighted by Crippen LogP contribution is 2.18. The van der Waals surface area contributed by atoms with Crippen LogP contribution in [0.15, 0.2) is 47.5 Å². The van der Waals surface area contributed by atoms with E-state index in [0.29, 0.717) is 0 Å². The smallest absolute Gasteiger partial charge is 0.0635 e. The molecule has 0 aromatic heterocycles. The van der Waals surface area contributed by atoms with Gasteiger partial charge in [0.25, 0.3) is 0 Å². The number of aliphatic imine (C=N–C) groups is 1. The van der Waals surface area contributed by atoms with Crippen LogP contribution in [0.2, 0.25) is 5.02 Å². The SMILES string of the molecule is Cc1cc(C)cc(N=Cc2ccccc2Cl)c1. The molecule has 2 aromatic rings. The van der Waals surface area contributed by atoms with E-state index in [9.17, 15) is 0 Å². The van der Waals surface area contributed by atoms with E-state index in [2.05, 4.69) is 37.0 Å². The maximum Gasteiger partial charge on any atom is 0.0635 e. The van der Waals surface area contributed by atoms with Crippen molar-refractivity contribution in [3.63, 3.8) is 0 Å². The second-order valence-electron chi connectivity index (χ2n) is 4.13. The van der Waals surface area contributed by atoms with E-state index in [4.69, 9.17) is 11.6 Å². The quantitative estimate of drug-likeness (QED) is 0.678. The Hall–Kier alpha value is -1.60. The topological polar surface area (TPSA) is 12.4 Å². The molecule has 2 aromatic carbocycles. The molecular weight excluding hydrogens is 230 g/mol. The lowest BCUT2D eigenvalue weighted by Crippen LogP contribution is -1.82. The molecule has 0 unspecified atom stereocenters. The Morgan fingerprint density at radius 2 is 1.65 bits per heavy atom. The van der Waals surface area contributed by atoms with Crippen molar-refractivity contribution in [2.75, 3.05) is 0 Å². The van der Waals surface area contributed by atoms with Gasteiger partial charge in [-0.15, -0.1) is 0 Å². The van der Waals surface area contributed by atoms with Crippen molar-refractivity contribution in [1.29, 1.82) is 0 Å². The predicted molar refractivity (Wildman–Crippen MR) is 74.6 cm³/mol. The summed E-state index contributed by atoms with van der Waals surface area (Å²) in [4.78, 5) is 4.45. The molecule has 0 aliphatic heterocycles. The largest absolute Gasteiger partial charge is 0.256 e. The van der Waals surface area contributed by atoms with Gasteiger partial charge in [-0.3, -0.25) is 4.99 Å². The van der Waals surface area contributed by atoms with Crippen molar-refractivity contribution >= 4 is 23.5 Å². The molecule has 1 nitrogen and oxygen atoms in total. The maximum atomic E-state index is 6.06. The molecule has 0 saturated carbocycles. The van der Waals surface area contributed by atoms with E-state index >= 15 is 0 Å². The van der Waals surface area contributed by atoms with Gasteiger partial charge in [-0.1, -0.05) is 35.9 Å². The van der Waals surface area contributed by atoms with Crippen LogP contribution in [-0.2, 0) is 0 Å². The summed E-state index contributed by atoms with van der Waals surface area (Å²) >= 11 is 6.06. The van der Waals surface area contributed by atoms with Crippen LogP contribution < -0.4 is 0 Å². The maximum absolute atomic E-state index is 6.06. The molecule has 17 heavy (non-hydrogen) atoms. The number of benzene rings is 2. The minimum absolute atomic E-state index is 0.723. The highest BCUT2D eigenvalue weighted by atomic mass is 35.5. The van der Waals surface area contributed by atoms with Gasteiger partial charge in [0, 0.05) is 16.8 Å². The van der Waals surface area contributed by atoms with Gasteiger partial charge in [0.05, 0.1) is 5.69 Å². The Balaban J connectivity index is 2.29. The molecule has 2 rings (SSSR count). The summed E-state index contributed by atoms with van der Waals surface area (Å²) < 4.78 is 0. The molecular formula is C15H14ClN. The third-order valence-electron chi connectivity index (χ3n) is 2.46. The number of nitrogens with zero attached hydrogens (tertiary/aromatic N) is 1. The van der Waals surface area contributed by atoms with Crippen molar-refractivity contribution in [2.45, 2.75) is 13.8 Å². The average molecular weight is 244 g/mol. The van der Waals surface area contributed by atoms with Crippen LogP contribution in [0.3, 0.4) is 0 Å². The zero-order chi connectivity index (χ0) is 12.3. The molecule has 0 saturated heterocycles. The van der Waals surface area contributed by atoms with Crippen molar-refractivity contribution in [2.24, 2.45) is 4.99 Å². The van der Waals surface area contributed by atoms with E-state index in [1.807, 2.05) is 24.3 Å². The monoisotopic (exact) mass is 243 g/mol. The van der Waals surface area contributed by atoms with Gasteiger partial charge in [-0.25, -0.2) is 0 Å². The lowest BCUT2D eigenvalue weighted by Gasteiger charge is -2.00.